The number of hydrogen-bond acceptors (Lipinski definition) is 5. The van der Waals surface area contributed by atoms with E-state index in [9.17, 15) is 4.79 Å². The number of amides is 1. The van der Waals surface area contributed by atoms with Crippen LogP contribution >= 0.6 is 11.3 Å². The van der Waals surface area contributed by atoms with Crippen molar-refractivity contribution in [1.29, 1.82) is 0 Å². The van der Waals surface area contributed by atoms with Crippen LogP contribution in [-0.2, 0) is 6.42 Å². The van der Waals surface area contributed by atoms with Gasteiger partial charge in [-0.2, -0.15) is 0 Å². The van der Waals surface area contributed by atoms with Crippen molar-refractivity contribution in [2.75, 3.05) is 18.9 Å². The summed E-state index contributed by atoms with van der Waals surface area (Å²) in [7, 11) is 1.79. The van der Waals surface area contributed by atoms with Crippen LogP contribution < -0.4 is 10.6 Å². The molecule has 2 heterocycles. The highest BCUT2D eigenvalue weighted by Gasteiger charge is 2.11. The minimum Gasteiger partial charge on any atom is -0.387 e. The summed E-state index contributed by atoms with van der Waals surface area (Å²) in [5.41, 5.74) is 2.23. The first-order chi connectivity index (χ1) is 9.20. The van der Waals surface area contributed by atoms with Gasteiger partial charge in [0.15, 0.2) is 0 Å². The molecule has 100 valence electrons. The van der Waals surface area contributed by atoms with E-state index in [1.807, 2.05) is 18.4 Å². The Morgan fingerprint density at radius 2 is 2.26 bits per heavy atom. The lowest BCUT2D eigenvalue weighted by molar-refractivity contribution is 0.0954. The molecule has 1 amide bonds. The van der Waals surface area contributed by atoms with Gasteiger partial charge in [-0.15, -0.1) is 11.3 Å². The van der Waals surface area contributed by atoms with Crippen LogP contribution in [-0.4, -0.2) is 29.5 Å². The van der Waals surface area contributed by atoms with E-state index in [-0.39, 0.29) is 5.91 Å². The molecule has 2 aromatic rings. The SMILES string of the molecule is CNc1cc(C)ncc1C(=O)NCCc1nccs1. The largest absolute Gasteiger partial charge is 0.387 e. The monoisotopic (exact) mass is 276 g/mol. The highest BCUT2D eigenvalue weighted by atomic mass is 32.1. The summed E-state index contributed by atoms with van der Waals surface area (Å²) in [6.45, 7) is 2.47. The second-order valence-electron chi connectivity index (χ2n) is 4.05. The molecule has 0 radical (unpaired) electrons. The maximum Gasteiger partial charge on any atom is 0.254 e. The predicted octanol–water partition coefficient (Wildman–Crippen LogP) is 1.86. The lowest BCUT2D eigenvalue weighted by Gasteiger charge is -2.09. The highest BCUT2D eigenvalue weighted by Crippen LogP contribution is 2.14. The molecule has 0 atom stereocenters. The van der Waals surface area contributed by atoms with E-state index < -0.39 is 0 Å². The summed E-state index contributed by atoms with van der Waals surface area (Å²) >= 11 is 1.59. The fraction of sp³-hybridized carbons (Fsp3) is 0.308. The maximum absolute atomic E-state index is 12.1. The lowest BCUT2D eigenvalue weighted by atomic mass is 10.2. The fourth-order valence-corrected chi connectivity index (χ4v) is 2.32. The van der Waals surface area contributed by atoms with Gasteiger partial charge in [0.25, 0.3) is 5.91 Å². The molecule has 0 aliphatic rings. The molecule has 6 heteroatoms. The van der Waals surface area contributed by atoms with Gasteiger partial charge in [0.2, 0.25) is 0 Å². The minimum absolute atomic E-state index is 0.117. The molecule has 0 aliphatic carbocycles. The van der Waals surface area contributed by atoms with E-state index in [1.54, 1.807) is 30.8 Å². The number of aromatic nitrogens is 2. The Bertz CT molecular complexity index is 554. The Morgan fingerprint density at radius 3 is 2.95 bits per heavy atom. The highest BCUT2D eigenvalue weighted by molar-refractivity contribution is 7.09. The van der Waals surface area contributed by atoms with Crippen molar-refractivity contribution in [3.05, 3.63) is 40.1 Å². The molecular weight excluding hydrogens is 260 g/mol. The molecule has 0 unspecified atom stereocenters. The maximum atomic E-state index is 12.1. The van der Waals surface area contributed by atoms with Crippen LogP contribution in [0.15, 0.2) is 23.8 Å². The first-order valence-corrected chi connectivity index (χ1v) is 6.89. The molecule has 5 nitrogen and oxygen atoms in total. The summed E-state index contributed by atoms with van der Waals surface area (Å²) in [6, 6.07) is 1.86. The van der Waals surface area contributed by atoms with Gasteiger partial charge in [-0.25, -0.2) is 4.98 Å². The van der Waals surface area contributed by atoms with Crippen molar-refractivity contribution in [1.82, 2.24) is 15.3 Å². The first kappa shape index (κ1) is 13.5. The number of anilines is 1. The van der Waals surface area contributed by atoms with E-state index in [1.165, 1.54) is 0 Å². The Kier molecular flexibility index (Phi) is 4.46. The third kappa shape index (κ3) is 3.51. The quantitative estimate of drug-likeness (QED) is 0.874. The second-order valence-corrected chi connectivity index (χ2v) is 5.03. The van der Waals surface area contributed by atoms with Crippen LogP contribution in [0, 0.1) is 6.92 Å². The summed E-state index contributed by atoms with van der Waals surface area (Å²) < 4.78 is 0. The Balaban J connectivity index is 1.96. The van der Waals surface area contributed by atoms with Crippen molar-refractivity contribution >= 4 is 22.9 Å². The van der Waals surface area contributed by atoms with E-state index in [4.69, 9.17) is 0 Å². The zero-order chi connectivity index (χ0) is 13.7. The number of thiazole rings is 1. The molecule has 2 rings (SSSR count). The number of rotatable bonds is 5. The summed E-state index contributed by atoms with van der Waals surface area (Å²) in [5, 5.41) is 8.84. The van der Waals surface area contributed by atoms with Crippen molar-refractivity contribution < 1.29 is 4.79 Å². The van der Waals surface area contributed by atoms with E-state index in [0.29, 0.717) is 12.1 Å². The first-order valence-electron chi connectivity index (χ1n) is 6.01. The molecule has 2 aromatic heterocycles. The average molecular weight is 276 g/mol. The van der Waals surface area contributed by atoms with Crippen LogP contribution in [0.25, 0.3) is 0 Å². The number of aryl methyl sites for hydroxylation is 1. The van der Waals surface area contributed by atoms with Crippen molar-refractivity contribution in [3.63, 3.8) is 0 Å². The van der Waals surface area contributed by atoms with Crippen LogP contribution in [0.2, 0.25) is 0 Å². The number of nitrogens with one attached hydrogen (secondary N) is 2. The van der Waals surface area contributed by atoms with Crippen molar-refractivity contribution in [2.45, 2.75) is 13.3 Å². The molecule has 0 fully saturated rings. The number of hydrogen-bond donors (Lipinski definition) is 2. The molecule has 0 aromatic carbocycles. The van der Waals surface area contributed by atoms with Gasteiger partial charge in [-0.3, -0.25) is 9.78 Å². The zero-order valence-electron chi connectivity index (χ0n) is 10.9. The molecule has 19 heavy (non-hydrogen) atoms. The second kappa shape index (κ2) is 6.29. The number of carbonyl (C=O) groups excluding carboxylic acids is 1. The van der Waals surface area contributed by atoms with E-state index in [2.05, 4.69) is 20.6 Å². The number of pyridine rings is 1. The third-order valence-corrected chi connectivity index (χ3v) is 3.50. The molecule has 0 aliphatic heterocycles. The van der Waals surface area contributed by atoms with Gasteiger partial charge in [0.05, 0.1) is 16.3 Å². The summed E-state index contributed by atoms with van der Waals surface area (Å²) in [6.07, 6.45) is 4.11. The third-order valence-electron chi connectivity index (χ3n) is 2.66. The Hall–Kier alpha value is -1.95. The minimum atomic E-state index is -0.117. The summed E-state index contributed by atoms with van der Waals surface area (Å²) in [4.78, 5) is 20.4. The molecule has 0 bridgehead atoms. The van der Waals surface area contributed by atoms with Crippen LogP contribution in [0.4, 0.5) is 5.69 Å². The topological polar surface area (TPSA) is 66.9 Å². The van der Waals surface area contributed by atoms with Crippen molar-refractivity contribution in [2.24, 2.45) is 0 Å². The molecular formula is C13H16N4OS. The number of nitrogens with zero attached hydrogens (tertiary/aromatic N) is 2. The smallest absolute Gasteiger partial charge is 0.254 e. The Labute approximate surface area is 116 Å². The van der Waals surface area contributed by atoms with Crippen LogP contribution in [0.5, 0.6) is 0 Å². The molecule has 0 saturated heterocycles. The number of carbonyl (C=O) groups is 1. The zero-order valence-corrected chi connectivity index (χ0v) is 11.8. The summed E-state index contributed by atoms with van der Waals surface area (Å²) in [5.74, 6) is -0.117. The fourth-order valence-electron chi connectivity index (χ4n) is 1.70. The van der Waals surface area contributed by atoms with E-state index in [0.717, 1.165) is 22.8 Å². The van der Waals surface area contributed by atoms with E-state index >= 15 is 0 Å². The van der Waals surface area contributed by atoms with Gasteiger partial charge in [0, 0.05) is 43.5 Å². The Morgan fingerprint density at radius 1 is 1.42 bits per heavy atom. The van der Waals surface area contributed by atoms with Gasteiger partial charge in [0.1, 0.15) is 0 Å². The van der Waals surface area contributed by atoms with Crippen molar-refractivity contribution in [3.8, 4) is 0 Å². The molecule has 2 N–H and O–H groups in total. The van der Waals surface area contributed by atoms with Gasteiger partial charge in [-0.05, 0) is 13.0 Å². The lowest BCUT2D eigenvalue weighted by Crippen LogP contribution is -2.26. The van der Waals surface area contributed by atoms with Gasteiger partial charge < -0.3 is 10.6 Å². The standard InChI is InChI=1S/C13H16N4OS/c1-9-7-11(14-2)10(8-17-9)13(18)16-4-3-12-15-5-6-19-12/h5-8H,3-4H2,1-2H3,(H,14,17)(H,16,18). The van der Waals surface area contributed by atoms with Gasteiger partial charge in [-0.1, -0.05) is 0 Å². The van der Waals surface area contributed by atoms with Gasteiger partial charge >= 0.3 is 0 Å². The predicted molar refractivity (Wildman–Crippen MR) is 76.7 cm³/mol. The van der Waals surface area contributed by atoms with Crippen LogP contribution in [0.3, 0.4) is 0 Å². The molecule has 0 spiro atoms. The average Bonchev–Trinajstić information content (AvgIpc) is 2.91. The molecule has 0 saturated carbocycles. The van der Waals surface area contributed by atoms with Crippen LogP contribution in [0.1, 0.15) is 21.1 Å². The normalized spacial score (nSPS) is 10.2.